The van der Waals surface area contributed by atoms with E-state index in [4.69, 9.17) is 4.74 Å². The van der Waals surface area contributed by atoms with Gasteiger partial charge < -0.3 is 10.1 Å². The average Bonchev–Trinajstić information content (AvgIpc) is 3.30. The second kappa shape index (κ2) is 7.75. The Bertz CT molecular complexity index is 1040. The van der Waals surface area contributed by atoms with Crippen molar-refractivity contribution in [3.63, 3.8) is 0 Å². The Morgan fingerprint density at radius 1 is 1.10 bits per heavy atom. The van der Waals surface area contributed by atoms with E-state index in [0.29, 0.717) is 23.4 Å². The molecule has 0 spiro atoms. The van der Waals surface area contributed by atoms with Gasteiger partial charge in [-0.1, -0.05) is 6.92 Å². The quantitative estimate of drug-likeness (QED) is 0.628. The molecule has 148 valence electrons. The summed E-state index contributed by atoms with van der Waals surface area (Å²) in [5.74, 6) is -0.0743. The number of halogens is 1. The molecule has 3 amide bonds. The SMILES string of the molecule is CCCOc1ccc(-n2cc(C3NC(=O)NC3=O)c(-c3ccc(F)cc3)n2)cc1. The number of hydrogen-bond donors (Lipinski definition) is 2. The molecule has 1 aromatic heterocycles. The Labute approximate surface area is 166 Å². The van der Waals surface area contributed by atoms with Gasteiger partial charge in [0.2, 0.25) is 0 Å². The minimum Gasteiger partial charge on any atom is -0.494 e. The van der Waals surface area contributed by atoms with Crippen molar-refractivity contribution < 1.29 is 18.7 Å². The molecule has 1 unspecified atom stereocenters. The zero-order valence-electron chi connectivity index (χ0n) is 15.7. The number of urea groups is 1. The summed E-state index contributed by atoms with van der Waals surface area (Å²) >= 11 is 0. The first-order valence-electron chi connectivity index (χ1n) is 9.25. The van der Waals surface area contributed by atoms with Gasteiger partial charge in [-0.3, -0.25) is 10.1 Å². The highest BCUT2D eigenvalue weighted by molar-refractivity contribution is 6.05. The molecule has 1 aliphatic heterocycles. The van der Waals surface area contributed by atoms with Crippen LogP contribution < -0.4 is 15.4 Å². The summed E-state index contributed by atoms with van der Waals surface area (Å²) in [4.78, 5) is 23.8. The highest BCUT2D eigenvalue weighted by atomic mass is 19.1. The van der Waals surface area contributed by atoms with E-state index < -0.39 is 18.0 Å². The Kier molecular flexibility index (Phi) is 4.99. The molecule has 2 heterocycles. The number of rotatable bonds is 6. The Balaban J connectivity index is 1.74. The van der Waals surface area contributed by atoms with Gasteiger partial charge >= 0.3 is 6.03 Å². The number of hydrogen-bond acceptors (Lipinski definition) is 4. The number of imide groups is 1. The molecule has 2 aromatic carbocycles. The minimum atomic E-state index is -0.872. The van der Waals surface area contributed by atoms with Crippen LogP contribution in [0.3, 0.4) is 0 Å². The van der Waals surface area contributed by atoms with Crippen LogP contribution in [0.4, 0.5) is 9.18 Å². The molecule has 0 aliphatic carbocycles. The molecule has 3 aromatic rings. The number of nitrogens with one attached hydrogen (secondary N) is 2. The number of benzene rings is 2. The van der Waals surface area contributed by atoms with Crippen molar-refractivity contribution in [2.24, 2.45) is 0 Å². The first-order valence-corrected chi connectivity index (χ1v) is 9.25. The molecular formula is C21H19FN4O3. The maximum atomic E-state index is 13.4. The molecule has 2 N–H and O–H groups in total. The van der Waals surface area contributed by atoms with Crippen LogP contribution in [-0.4, -0.2) is 28.3 Å². The number of nitrogens with zero attached hydrogens (tertiary/aromatic N) is 2. The molecule has 0 radical (unpaired) electrons. The number of amides is 3. The average molecular weight is 394 g/mol. The fourth-order valence-corrected chi connectivity index (χ4v) is 3.11. The van der Waals surface area contributed by atoms with Gasteiger partial charge in [0.15, 0.2) is 0 Å². The molecule has 8 heteroatoms. The third kappa shape index (κ3) is 3.82. The molecule has 1 atom stereocenters. The molecule has 0 bridgehead atoms. The fraction of sp³-hybridized carbons (Fsp3) is 0.190. The maximum absolute atomic E-state index is 13.4. The van der Waals surface area contributed by atoms with Gasteiger partial charge in [-0.2, -0.15) is 5.10 Å². The van der Waals surface area contributed by atoms with Crippen molar-refractivity contribution in [1.29, 1.82) is 0 Å². The molecular weight excluding hydrogens is 375 g/mol. The zero-order chi connectivity index (χ0) is 20.4. The summed E-state index contributed by atoms with van der Waals surface area (Å²) in [5, 5.41) is 9.42. The van der Waals surface area contributed by atoms with Crippen LogP contribution in [0.15, 0.2) is 54.7 Å². The Morgan fingerprint density at radius 3 is 2.45 bits per heavy atom. The van der Waals surface area contributed by atoms with Gasteiger partial charge in [0.1, 0.15) is 17.6 Å². The number of carbonyl (C=O) groups excluding carboxylic acids is 2. The normalized spacial score (nSPS) is 15.9. The van der Waals surface area contributed by atoms with E-state index in [1.807, 2.05) is 31.2 Å². The molecule has 29 heavy (non-hydrogen) atoms. The lowest BCUT2D eigenvalue weighted by molar-refractivity contribution is -0.120. The summed E-state index contributed by atoms with van der Waals surface area (Å²) in [6.07, 6.45) is 2.61. The molecule has 1 fully saturated rings. The van der Waals surface area contributed by atoms with Gasteiger partial charge in [0.05, 0.1) is 18.0 Å². The third-order valence-corrected chi connectivity index (χ3v) is 4.52. The van der Waals surface area contributed by atoms with Gasteiger partial charge in [-0.15, -0.1) is 0 Å². The Hall–Kier alpha value is -3.68. The zero-order valence-corrected chi connectivity index (χ0v) is 15.7. The molecule has 1 saturated heterocycles. The standard InChI is InChI=1S/C21H19FN4O3/c1-2-11-29-16-9-7-15(8-10-16)26-12-17(19-20(27)24-21(28)23-19)18(25-26)13-3-5-14(22)6-4-13/h3-10,12,19H,2,11H2,1H3,(H2,23,24,27,28). The van der Waals surface area contributed by atoms with Crippen LogP contribution in [0.2, 0.25) is 0 Å². The van der Waals surface area contributed by atoms with Crippen molar-refractivity contribution in [1.82, 2.24) is 20.4 Å². The van der Waals surface area contributed by atoms with E-state index in [9.17, 15) is 14.0 Å². The van der Waals surface area contributed by atoms with Crippen LogP contribution in [-0.2, 0) is 4.79 Å². The van der Waals surface area contributed by atoms with E-state index >= 15 is 0 Å². The lowest BCUT2D eigenvalue weighted by atomic mass is 10.0. The van der Waals surface area contributed by atoms with E-state index in [2.05, 4.69) is 15.7 Å². The molecule has 0 saturated carbocycles. The van der Waals surface area contributed by atoms with E-state index in [1.165, 1.54) is 12.1 Å². The predicted octanol–water partition coefficient (Wildman–Crippen LogP) is 3.35. The van der Waals surface area contributed by atoms with Gasteiger partial charge in [0, 0.05) is 17.3 Å². The largest absolute Gasteiger partial charge is 0.494 e. The molecule has 1 aliphatic rings. The topological polar surface area (TPSA) is 85.2 Å². The number of ether oxygens (including phenoxy) is 1. The fourth-order valence-electron chi connectivity index (χ4n) is 3.11. The molecule has 4 rings (SSSR count). The van der Waals surface area contributed by atoms with Gasteiger partial charge in [0.25, 0.3) is 5.91 Å². The summed E-state index contributed by atoms with van der Waals surface area (Å²) in [6, 6.07) is 11.8. The van der Waals surface area contributed by atoms with Crippen LogP contribution in [0.5, 0.6) is 5.75 Å². The minimum absolute atomic E-state index is 0.371. The summed E-state index contributed by atoms with van der Waals surface area (Å²) in [7, 11) is 0. The van der Waals surface area contributed by atoms with Crippen LogP contribution >= 0.6 is 0 Å². The van der Waals surface area contributed by atoms with Crippen molar-refractivity contribution in [2.75, 3.05) is 6.61 Å². The summed E-state index contributed by atoms with van der Waals surface area (Å²) < 4.78 is 20.6. The lowest BCUT2D eigenvalue weighted by Gasteiger charge is -2.07. The maximum Gasteiger partial charge on any atom is 0.322 e. The van der Waals surface area contributed by atoms with Crippen molar-refractivity contribution in [3.8, 4) is 22.7 Å². The monoisotopic (exact) mass is 394 g/mol. The van der Waals surface area contributed by atoms with Gasteiger partial charge in [-0.25, -0.2) is 13.9 Å². The second-order valence-electron chi connectivity index (χ2n) is 6.62. The van der Waals surface area contributed by atoms with Crippen LogP contribution in [0, 0.1) is 5.82 Å². The van der Waals surface area contributed by atoms with Crippen molar-refractivity contribution in [3.05, 3.63) is 66.1 Å². The number of carbonyl (C=O) groups is 2. The van der Waals surface area contributed by atoms with Crippen LogP contribution in [0.25, 0.3) is 16.9 Å². The van der Waals surface area contributed by atoms with E-state index in [1.54, 1.807) is 23.0 Å². The van der Waals surface area contributed by atoms with E-state index in [-0.39, 0.29) is 5.82 Å². The van der Waals surface area contributed by atoms with E-state index in [0.717, 1.165) is 17.9 Å². The number of aromatic nitrogens is 2. The summed E-state index contributed by atoms with van der Waals surface area (Å²) in [5.41, 5.74) is 2.40. The summed E-state index contributed by atoms with van der Waals surface area (Å²) in [6.45, 7) is 2.67. The Morgan fingerprint density at radius 2 is 1.83 bits per heavy atom. The predicted molar refractivity (Wildman–Crippen MR) is 104 cm³/mol. The van der Waals surface area contributed by atoms with Crippen LogP contribution in [0.1, 0.15) is 24.9 Å². The van der Waals surface area contributed by atoms with Crippen molar-refractivity contribution in [2.45, 2.75) is 19.4 Å². The highest BCUT2D eigenvalue weighted by Crippen LogP contribution is 2.30. The molecule has 7 nitrogen and oxygen atoms in total. The smallest absolute Gasteiger partial charge is 0.322 e. The first-order chi connectivity index (χ1) is 14.0. The third-order valence-electron chi connectivity index (χ3n) is 4.52. The van der Waals surface area contributed by atoms with Gasteiger partial charge in [-0.05, 0) is 55.0 Å². The first kappa shape index (κ1) is 18.7. The second-order valence-corrected chi connectivity index (χ2v) is 6.62. The van der Waals surface area contributed by atoms with Crippen molar-refractivity contribution >= 4 is 11.9 Å². The highest BCUT2D eigenvalue weighted by Gasteiger charge is 2.34. The lowest BCUT2D eigenvalue weighted by Crippen LogP contribution is -2.22.